The molecule has 53 heavy (non-hydrogen) atoms. The Balaban J connectivity index is 1.06. The van der Waals surface area contributed by atoms with Gasteiger partial charge in [0.2, 0.25) is 0 Å². The molecule has 1 spiro atoms. The van der Waals surface area contributed by atoms with E-state index in [1.54, 1.807) is 14.2 Å². The fraction of sp³-hybridized carbons (Fsp3) is 0.878. The van der Waals surface area contributed by atoms with Crippen LogP contribution in [0.25, 0.3) is 0 Å². The van der Waals surface area contributed by atoms with Crippen molar-refractivity contribution in [3.63, 3.8) is 0 Å². The van der Waals surface area contributed by atoms with E-state index in [0.29, 0.717) is 32.1 Å². The molecular formula is C41H62O12. The molecule has 0 aliphatic carbocycles. The predicted molar refractivity (Wildman–Crippen MR) is 191 cm³/mol. The molecule has 0 aromatic carbocycles. The van der Waals surface area contributed by atoms with Crippen LogP contribution in [0.1, 0.15) is 96.8 Å². The lowest BCUT2D eigenvalue weighted by Gasteiger charge is -2.47. The second kappa shape index (κ2) is 15.9. The van der Waals surface area contributed by atoms with Crippen LogP contribution in [0, 0.1) is 11.8 Å². The Morgan fingerprint density at radius 1 is 0.792 bits per heavy atom. The van der Waals surface area contributed by atoms with Gasteiger partial charge >= 0.3 is 0 Å². The van der Waals surface area contributed by atoms with Crippen LogP contribution in [-0.2, 0) is 47.4 Å². The number of ether oxygens (including phenoxy) is 9. The van der Waals surface area contributed by atoms with Crippen LogP contribution < -0.4 is 0 Å². The van der Waals surface area contributed by atoms with E-state index in [9.17, 15) is 15.0 Å². The van der Waals surface area contributed by atoms with Gasteiger partial charge in [-0.25, -0.2) is 0 Å². The van der Waals surface area contributed by atoms with Crippen molar-refractivity contribution in [3.05, 3.63) is 24.3 Å². The normalized spacial score (nSPS) is 49.6. The van der Waals surface area contributed by atoms with Crippen molar-refractivity contribution >= 4 is 5.78 Å². The van der Waals surface area contributed by atoms with Gasteiger partial charge < -0.3 is 52.8 Å². The summed E-state index contributed by atoms with van der Waals surface area (Å²) >= 11 is 0. The van der Waals surface area contributed by atoms with Crippen molar-refractivity contribution in [2.24, 2.45) is 11.8 Å². The van der Waals surface area contributed by atoms with Gasteiger partial charge in [-0.3, -0.25) is 4.79 Å². The first kappa shape index (κ1) is 38.6. The summed E-state index contributed by atoms with van der Waals surface area (Å²) in [5.41, 5.74) is 2.16. The van der Waals surface area contributed by atoms with Crippen LogP contribution in [0.15, 0.2) is 24.3 Å². The van der Waals surface area contributed by atoms with Crippen LogP contribution in [0.5, 0.6) is 0 Å². The molecule has 0 aromatic rings. The summed E-state index contributed by atoms with van der Waals surface area (Å²) in [6.45, 7) is 10.7. The van der Waals surface area contributed by atoms with E-state index < -0.39 is 24.1 Å². The van der Waals surface area contributed by atoms with Gasteiger partial charge in [0.25, 0.3) is 0 Å². The molecule has 8 fully saturated rings. The molecule has 18 atom stereocenters. The van der Waals surface area contributed by atoms with Crippen LogP contribution in [0.3, 0.4) is 0 Å². The first-order valence-corrected chi connectivity index (χ1v) is 20.4. The molecule has 298 valence electrons. The number of Topliss-reactive ketones (excluding diaryl/α,β-unsaturated/α-hetero) is 1. The Kier molecular flexibility index (Phi) is 11.6. The SMILES string of the molecule is C=C1CC2CC[C@]34C[C@@H](OC)C(O3)C3CC(O4)[C@H]4OC(CCC4O3)CC(=O)CC3[C@@H](OC)C(CC(O)CO)O[C@H]3CC3OC(CCC1O2)C[C@@H](C)C3=C. The van der Waals surface area contributed by atoms with Crippen molar-refractivity contribution in [1.29, 1.82) is 0 Å². The van der Waals surface area contributed by atoms with E-state index in [1.807, 2.05) is 0 Å². The van der Waals surface area contributed by atoms with Gasteiger partial charge in [-0.15, -0.1) is 0 Å². The molecule has 0 aromatic heterocycles. The highest BCUT2D eigenvalue weighted by Gasteiger charge is 2.60. The fourth-order valence-corrected chi connectivity index (χ4v) is 11.0. The first-order valence-electron chi connectivity index (χ1n) is 20.4. The van der Waals surface area contributed by atoms with Crippen molar-refractivity contribution in [1.82, 2.24) is 0 Å². The number of aliphatic hydroxyl groups excluding tert-OH is 2. The maximum Gasteiger partial charge on any atom is 0.172 e. The first-order chi connectivity index (χ1) is 25.5. The maximum absolute atomic E-state index is 14.0. The average Bonchev–Trinajstić information content (AvgIpc) is 3.77. The largest absolute Gasteiger partial charge is 0.394 e. The van der Waals surface area contributed by atoms with Gasteiger partial charge in [0.05, 0.1) is 86.0 Å². The fourth-order valence-electron chi connectivity index (χ4n) is 11.0. The molecule has 8 saturated heterocycles. The quantitative estimate of drug-likeness (QED) is 0.392. The highest BCUT2D eigenvalue weighted by atomic mass is 16.7. The summed E-state index contributed by atoms with van der Waals surface area (Å²) in [7, 11) is 3.37. The molecule has 0 saturated carbocycles. The lowest BCUT2D eigenvalue weighted by atomic mass is 9.81. The minimum Gasteiger partial charge on any atom is -0.394 e. The Hall–Kier alpha value is -1.29. The molecule has 8 rings (SSSR count). The number of carbonyl (C=O) groups excluding carboxylic acids is 1. The van der Waals surface area contributed by atoms with Gasteiger partial charge in [-0.2, -0.15) is 0 Å². The van der Waals surface area contributed by atoms with Crippen LogP contribution >= 0.6 is 0 Å². The third-order valence-electron chi connectivity index (χ3n) is 13.8. The minimum atomic E-state index is -0.950. The molecule has 12 heteroatoms. The zero-order valence-corrected chi connectivity index (χ0v) is 31.8. The number of fused-ring (bicyclic) bond motifs is 9. The molecule has 10 bridgehead atoms. The monoisotopic (exact) mass is 746 g/mol. The second-order valence-electron chi connectivity index (χ2n) is 17.4. The number of ketones is 1. The standard InChI is InChI=1S/C41H62O12/c1-21-12-26-6-8-30-22(2)13-28(47-30)10-11-41-19-37(45-4)40(53-41)35-18-36(52-41)39-31(50-35)9-7-27(49-39)14-24(43)15-29-33(17-32(48-26)23(21)3)51-34(38(29)46-5)16-25(44)20-42/h21,25-40,42,44H,2-3,6-20H2,1,4-5H3/t21-,25?,26?,27?,28?,29?,30?,31?,32?,33+,34?,35?,36?,37-,38-,39+,40?,41-/m1/s1. The molecule has 8 aliphatic heterocycles. The highest BCUT2D eigenvalue weighted by molar-refractivity contribution is 5.79. The molecule has 0 radical (unpaired) electrons. The maximum atomic E-state index is 14.0. The summed E-state index contributed by atoms with van der Waals surface area (Å²) in [6.07, 6.45) is 4.96. The van der Waals surface area contributed by atoms with Crippen LogP contribution in [-0.4, -0.2) is 134 Å². The molecule has 12 nitrogen and oxygen atoms in total. The lowest BCUT2D eigenvalue weighted by molar-refractivity contribution is -0.277. The van der Waals surface area contributed by atoms with Crippen molar-refractivity contribution < 1.29 is 57.6 Å². The van der Waals surface area contributed by atoms with E-state index in [0.717, 1.165) is 49.7 Å². The Labute approximate surface area is 314 Å². The third-order valence-corrected chi connectivity index (χ3v) is 13.8. The third kappa shape index (κ3) is 7.86. The van der Waals surface area contributed by atoms with E-state index in [-0.39, 0.29) is 117 Å². The molecule has 0 amide bonds. The van der Waals surface area contributed by atoms with Crippen molar-refractivity contribution in [2.45, 2.75) is 194 Å². The van der Waals surface area contributed by atoms with E-state index in [4.69, 9.17) is 42.6 Å². The Morgan fingerprint density at radius 3 is 2.38 bits per heavy atom. The van der Waals surface area contributed by atoms with Gasteiger partial charge in [0.15, 0.2) is 5.79 Å². The summed E-state index contributed by atoms with van der Waals surface area (Å²) in [6, 6.07) is 0. The number of aliphatic hydroxyl groups is 2. The number of rotatable bonds is 5. The number of methoxy groups -OCH3 is 2. The Bertz CT molecular complexity index is 1340. The molecule has 8 heterocycles. The summed E-state index contributed by atoms with van der Waals surface area (Å²) < 4.78 is 59.3. The molecule has 12 unspecified atom stereocenters. The van der Waals surface area contributed by atoms with Gasteiger partial charge in [0.1, 0.15) is 18.0 Å². The Morgan fingerprint density at radius 2 is 1.58 bits per heavy atom. The molecule has 2 N–H and O–H groups in total. The summed E-state index contributed by atoms with van der Waals surface area (Å²) in [4.78, 5) is 14.0. The number of hydrogen-bond acceptors (Lipinski definition) is 12. The van der Waals surface area contributed by atoms with Crippen molar-refractivity contribution in [3.8, 4) is 0 Å². The highest BCUT2D eigenvalue weighted by Crippen LogP contribution is 2.50. The molecular weight excluding hydrogens is 684 g/mol. The topological polar surface area (TPSA) is 141 Å². The number of hydrogen-bond donors (Lipinski definition) is 2. The van der Waals surface area contributed by atoms with E-state index in [2.05, 4.69) is 20.1 Å². The predicted octanol–water partition coefficient (Wildman–Crippen LogP) is 4.11. The summed E-state index contributed by atoms with van der Waals surface area (Å²) in [5, 5.41) is 20.1. The smallest absolute Gasteiger partial charge is 0.172 e. The van der Waals surface area contributed by atoms with Gasteiger partial charge in [0, 0.05) is 65.1 Å². The lowest BCUT2D eigenvalue weighted by Crippen LogP contribution is -2.58. The van der Waals surface area contributed by atoms with Gasteiger partial charge in [-0.1, -0.05) is 20.1 Å². The molecule has 8 aliphatic rings. The minimum absolute atomic E-state index is 0.0235. The van der Waals surface area contributed by atoms with Crippen molar-refractivity contribution in [2.75, 3.05) is 20.8 Å². The van der Waals surface area contributed by atoms with Gasteiger partial charge in [-0.05, 0) is 62.0 Å². The number of carbonyl (C=O) groups is 1. The summed E-state index contributed by atoms with van der Waals surface area (Å²) in [5.74, 6) is -0.743. The van der Waals surface area contributed by atoms with E-state index in [1.165, 1.54) is 0 Å². The second-order valence-corrected chi connectivity index (χ2v) is 17.4. The zero-order chi connectivity index (χ0) is 37.0. The average molecular weight is 747 g/mol. The van der Waals surface area contributed by atoms with Crippen LogP contribution in [0.2, 0.25) is 0 Å². The zero-order valence-electron chi connectivity index (χ0n) is 31.8. The van der Waals surface area contributed by atoms with E-state index >= 15 is 0 Å². The van der Waals surface area contributed by atoms with Crippen LogP contribution in [0.4, 0.5) is 0 Å².